The van der Waals surface area contributed by atoms with E-state index >= 15 is 0 Å². The zero-order valence-electron chi connectivity index (χ0n) is 8.55. The summed E-state index contributed by atoms with van der Waals surface area (Å²) in [5.41, 5.74) is 0. The van der Waals surface area contributed by atoms with Gasteiger partial charge in [0.05, 0.1) is 0 Å². The molecule has 71 valence electrons. The monoisotopic (exact) mass is 185 g/mol. The van der Waals surface area contributed by atoms with Crippen LogP contribution >= 0.6 is 8.58 Å². The van der Waals surface area contributed by atoms with E-state index in [1.165, 1.54) is 53.3 Å². The number of hydrogen-bond donors (Lipinski definition) is 0. The molecule has 0 aliphatic heterocycles. The minimum atomic E-state index is 1.28. The Labute approximate surface area is 79.6 Å². The van der Waals surface area contributed by atoms with Crippen molar-refractivity contribution in [1.29, 1.82) is 0 Å². The quantitative estimate of drug-likeness (QED) is 0.375. The number of unbranched alkanes of at least 4 members (excludes halogenated alkanes) is 4. The fraction of sp³-hybridized carbons (Fsp3) is 0.818. The second-order valence-corrected chi connectivity index (χ2v) is 4.25. The SMILES string of the molecule is CCCCC=C[P]CCCCC. The molecule has 1 radical (unpaired) electrons. The maximum atomic E-state index is 2.33. The van der Waals surface area contributed by atoms with Gasteiger partial charge in [-0.3, -0.25) is 0 Å². The highest BCUT2D eigenvalue weighted by Crippen LogP contribution is 2.15. The predicted molar refractivity (Wildman–Crippen MR) is 60.0 cm³/mol. The van der Waals surface area contributed by atoms with Gasteiger partial charge in [-0.15, -0.1) is 0 Å². The molecule has 0 N–H and O–H groups in total. The van der Waals surface area contributed by atoms with Gasteiger partial charge < -0.3 is 0 Å². The van der Waals surface area contributed by atoms with Crippen LogP contribution in [0.4, 0.5) is 0 Å². The van der Waals surface area contributed by atoms with E-state index < -0.39 is 0 Å². The molecule has 1 heteroatoms. The van der Waals surface area contributed by atoms with Crippen molar-refractivity contribution in [1.82, 2.24) is 0 Å². The molecule has 0 heterocycles. The molecule has 0 amide bonds. The summed E-state index contributed by atoms with van der Waals surface area (Å²) in [5, 5.41) is 0. The first kappa shape index (κ1) is 12.2. The zero-order valence-corrected chi connectivity index (χ0v) is 9.45. The van der Waals surface area contributed by atoms with Gasteiger partial charge >= 0.3 is 0 Å². The maximum Gasteiger partial charge on any atom is -0.0250 e. The largest absolute Gasteiger partial charge is 0.0837 e. The highest BCUT2D eigenvalue weighted by Gasteiger charge is 1.84. The van der Waals surface area contributed by atoms with Crippen LogP contribution in [0.1, 0.15) is 52.4 Å². The third kappa shape index (κ3) is 10.2. The number of allylic oxidation sites excluding steroid dienone is 1. The van der Waals surface area contributed by atoms with Gasteiger partial charge in [0.2, 0.25) is 0 Å². The predicted octanol–water partition coefficient (Wildman–Crippen LogP) is 4.83. The second kappa shape index (κ2) is 11.2. The average molecular weight is 185 g/mol. The van der Waals surface area contributed by atoms with E-state index in [1.807, 2.05) is 0 Å². The van der Waals surface area contributed by atoms with E-state index in [0.29, 0.717) is 0 Å². The standard InChI is InChI=1S/C11H22P/c1-3-5-7-9-11-12-10-8-6-4-2/h9,11H,3-8,10H2,1-2H3. The second-order valence-electron chi connectivity index (χ2n) is 3.14. The molecule has 0 fully saturated rings. The Bertz CT molecular complexity index is 97.2. The van der Waals surface area contributed by atoms with Gasteiger partial charge in [0.1, 0.15) is 0 Å². The Balaban J connectivity index is 2.92. The molecule has 0 aromatic heterocycles. The van der Waals surface area contributed by atoms with Crippen molar-refractivity contribution >= 4 is 8.58 Å². The summed E-state index contributed by atoms with van der Waals surface area (Å²) in [6.07, 6.45) is 11.8. The van der Waals surface area contributed by atoms with Crippen molar-refractivity contribution < 1.29 is 0 Å². The van der Waals surface area contributed by atoms with Gasteiger partial charge in [-0.1, -0.05) is 60.0 Å². The summed E-state index contributed by atoms with van der Waals surface area (Å²) in [4.78, 5) is 0. The topological polar surface area (TPSA) is 0 Å². The lowest BCUT2D eigenvalue weighted by atomic mass is 10.2. The van der Waals surface area contributed by atoms with Crippen LogP contribution in [0, 0.1) is 0 Å². The van der Waals surface area contributed by atoms with Gasteiger partial charge in [0.15, 0.2) is 0 Å². The summed E-state index contributed by atoms with van der Waals surface area (Å²) in [5.74, 6) is 2.32. The van der Waals surface area contributed by atoms with Crippen molar-refractivity contribution in [3.63, 3.8) is 0 Å². The first-order chi connectivity index (χ1) is 5.91. The van der Waals surface area contributed by atoms with Crippen LogP contribution in [-0.4, -0.2) is 6.16 Å². The minimum Gasteiger partial charge on any atom is -0.0837 e. The summed E-state index contributed by atoms with van der Waals surface area (Å²) < 4.78 is 0. The Hall–Kier alpha value is 0.170. The van der Waals surface area contributed by atoms with Gasteiger partial charge in [0, 0.05) is 0 Å². The van der Waals surface area contributed by atoms with Crippen molar-refractivity contribution in [3.05, 3.63) is 11.9 Å². The molecule has 0 spiro atoms. The first-order valence-corrected chi connectivity index (χ1v) is 6.38. The molecule has 0 saturated carbocycles. The van der Waals surface area contributed by atoms with Crippen LogP contribution < -0.4 is 0 Å². The van der Waals surface area contributed by atoms with Crippen LogP contribution in [0.15, 0.2) is 11.9 Å². The molecule has 12 heavy (non-hydrogen) atoms. The van der Waals surface area contributed by atoms with Crippen LogP contribution in [0.5, 0.6) is 0 Å². The lowest BCUT2D eigenvalue weighted by molar-refractivity contribution is 0.778. The number of hydrogen-bond acceptors (Lipinski definition) is 0. The van der Waals surface area contributed by atoms with Crippen LogP contribution in [-0.2, 0) is 0 Å². The molecule has 0 nitrogen and oxygen atoms in total. The lowest BCUT2D eigenvalue weighted by Gasteiger charge is -1.93. The summed E-state index contributed by atoms with van der Waals surface area (Å²) in [6, 6.07) is 0. The summed E-state index contributed by atoms with van der Waals surface area (Å²) >= 11 is 0. The van der Waals surface area contributed by atoms with Crippen LogP contribution in [0.3, 0.4) is 0 Å². The highest BCUT2D eigenvalue weighted by atomic mass is 31.1. The fourth-order valence-corrected chi connectivity index (χ4v) is 1.85. The molecular formula is C11H22P. The van der Waals surface area contributed by atoms with E-state index in [0.717, 1.165) is 0 Å². The highest BCUT2D eigenvalue weighted by molar-refractivity contribution is 7.41. The van der Waals surface area contributed by atoms with Crippen LogP contribution in [0.25, 0.3) is 0 Å². The van der Waals surface area contributed by atoms with Crippen molar-refractivity contribution in [2.24, 2.45) is 0 Å². The molecule has 0 aromatic carbocycles. The third-order valence-electron chi connectivity index (χ3n) is 1.83. The van der Waals surface area contributed by atoms with Gasteiger partial charge in [-0.25, -0.2) is 0 Å². The normalized spacial score (nSPS) is 12.2. The fourth-order valence-electron chi connectivity index (χ4n) is 0.999. The molecule has 0 atom stereocenters. The van der Waals surface area contributed by atoms with Crippen molar-refractivity contribution in [2.45, 2.75) is 52.4 Å². The van der Waals surface area contributed by atoms with E-state index in [9.17, 15) is 0 Å². The van der Waals surface area contributed by atoms with E-state index in [1.54, 1.807) is 0 Å². The van der Waals surface area contributed by atoms with E-state index in [-0.39, 0.29) is 0 Å². The molecule has 0 unspecified atom stereocenters. The third-order valence-corrected chi connectivity index (χ3v) is 2.82. The molecule has 0 bridgehead atoms. The summed E-state index contributed by atoms with van der Waals surface area (Å²) in [6.45, 7) is 4.50. The lowest BCUT2D eigenvalue weighted by Crippen LogP contribution is -1.74. The maximum absolute atomic E-state index is 2.33. The smallest absolute Gasteiger partial charge is 0.0250 e. The van der Waals surface area contributed by atoms with E-state index in [4.69, 9.17) is 0 Å². The molecule has 0 aliphatic carbocycles. The zero-order chi connectivity index (χ0) is 9.07. The van der Waals surface area contributed by atoms with Gasteiger partial charge in [-0.2, -0.15) is 0 Å². The van der Waals surface area contributed by atoms with Crippen molar-refractivity contribution in [3.8, 4) is 0 Å². The number of rotatable bonds is 8. The van der Waals surface area contributed by atoms with Crippen LogP contribution in [0.2, 0.25) is 0 Å². The van der Waals surface area contributed by atoms with Gasteiger partial charge in [-0.05, 0) is 19.0 Å². The van der Waals surface area contributed by atoms with E-state index in [2.05, 4.69) is 25.7 Å². The average Bonchev–Trinajstić information content (AvgIpc) is 2.10. The molecular weight excluding hydrogens is 163 g/mol. The molecule has 0 rings (SSSR count). The summed E-state index contributed by atoms with van der Waals surface area (Å²) in [7, 11) is 1.52. The van der Waals surface area contributed by atoms with Crippen molar-refractivity contribution in [2.75, 3.05) is 6.16 Å². The molecule has 0 aliphatic rings. The molecule has 0 saturated heterocycles. The Morgan fingerprint density at radius 1 is 1.00 bits per heavy atom. The first-order valence-electron chi connectivity index (χ1n) is 5.23. The van der Waals surface area contributed by atoms with Gasteiger partial charge in [0.25, 0.3) is 0 Å². The Morgan fingerprint density at radius 2 is 1.75 bits per heavy atom. The Morgan fingerprint density at radius 3 is 2.42 bits per heavy atom. The molecule has 0 aromatic rings. The Kier molecular flexibility index (Phi) is 11.3. The minimum absolute atomic E-state index is 1.28.